The zero-order valence-corrected chi connectivity index (χ0v) is 33.7. The Bertz CT molecular complexity index is 2500. The van der Waals surface area contributed by atoms with Gasteiger partial charge in [-0.05, 0) is 51.0 Å². The SMILES string of the molecule is Cc1cc(-c2[c-]cccc2)nc[c]1[Ge]([CH3])([CH3])[CH3].[2H]C([2H])([2H])c1cc(-c2[c-]ccc3c2sc2cc(-c4ccccc4)ccc23)ncc1-c1ccccc1.[Ir]. The average Bonchev–Trinajstić information content (AvgIpc) is 3.53. The van der Waals surface area contributed by atoms with Crippen LogP contribution in [0.3, 0.4) is 0 Å². The van der Waals surface area contributed by atoms with Crippen molar-refractivity contribution in [1.29, 1.82) is 0 Å². The van der Waals surface area contributed by atoms with Crippen LogP contribution in [-0.4, -0.2) is 23.2 Å². The molecular formula is C45H38GeIrN2S-2. The number of aromatic nitrogens is 2. The number of nitrogens with zero attached hydrogens (tertiary/aromatic N) is 2. The molecule has 0 unspecified atom stereocenters. The fourth-order valence-electron chi connectivity index (χ4n) is 6.22. The predicted octanol–water partition coefficient (Wildman–Crippen LogP) is 12.0. The topological polar surface area (TPSA) is 25.8 Å². The number of aryl methyl sites for hydroxylation is 2. The first kappa shape index (κ1) is 31.8. The van der Waals surface area contributed by atoms with Crippen molar-refractivity contribution in [3.05, 3.63) is 163 Å². The quantitative estimate of drug-likeness (QED) is 0.127. The zero-order valence-electron chi connectivity index (χ0n) is 31.4. The van der Waals surface area contributed by atoms with E-state index in [1.807, 2.05) is 72.8 Å². The average molecular weight is 907 g/mol. The molecule has 2 nitrogen and oxygen atoms in total. The number of benzene rings is 5. The largest absolute Gasteiger partial charge is 0.304 e. The van der Waals surface area contributed by atoms with Crippen LogP contribution in [0, 0.1) is 25.9 Å². The molecule has 0 fully saturated rings. The van der Waals surface area contributed by atoms with E-state index in [2.05, 4.69) is 96.0 Å². The van der Waals surface area contributed by atoms with Crippen LogP contribution in [0.15, 0.2) is 140 Å². The van der Waals surface area contributed by atoms with Gasteiger partial charge in [0.2, 0.25) is 0 Å². The number of fused-ring (bicyclic) bond motifs is 3. The van der Waals surface area contributed by atoms with Crippen molar-refractivity contribution in [2.45, 2.75) is 31.0 Å². The van der Waals surface area contributed by atoms with Gasteiger partial charge in [-0.25, -0.2) is 0 Å². The molecule has 249 valence electrons. The molecule has 0 atom stereocenters. The molecule has 3 heterocycles. The van der Waals surface area contributed by atoms with Crippen molar-refractivity contribution in [2.24, 2.45) is 0 Å². The molecule has 0 saturated heterocycles. The van der Waals surface area contributed by atoms with E-state index in [0.29, 0.717) is 16.8 Å². The minimum absolute atomic E-state index is 0. The van der Waals surface area contributed by atoms with Gasteiger partial charge in [0.1, 0.15) is 0 Å². The molecule has 0 aliphatic heterocycles. The van der Waals surface area contributed by atoms with E-state index in [4.69, 9.17) is 9.10 Å². The van der Waals surface area contributed by atoms with Crippen LogP contribution in [0.25, 0.3) is 64.9 Å². The number of hydrogen-bond acceptors (Lipinski definition) is 3. The Kier molecular flexibility index (Phi) is 9.77. The molecule has 3 aromatic heterocycles. The molecular weight excluding hydrogens is 865 g/mol. The summed E-state index contributed by atoms with van der Waals surface area (Å²) in [6.45, 7) is -0.0680. The van der Waals surface area contributed by atoms with Crippen LogP contribution < -0.4 is 4.40 Å². The first-order valence-corrected chi connectivity index (χ1v) is 24.6. The van der Waals surface area contributed by atoms with Crippen molar-refractivity contribution in [1.82, 2.24) is 9.97 Å². The van der Waals surface area contributed by atoms with Crippen molar-refractivity contribution in [3.63, 3.8) is 0 Å². The zero-order chi connectivity index (χ0) is 36.5. The normalized spacial score (nSPS) is 12.3. The van der Waals surface area contributed by atoms with Gasteiger partial charge in [-0.3, -0.25) is 0 Å². The Hall–Kier alpha value is -4.19. The summed E-state index contributed by atoms with van der Waals surface area (Å²) in [6.07, 6.45) is 3.76. The van der Waals surface area contributed by atoms with E-state index in [9.17, 15) is 0 Å². The molecule has 8 rings (SSSR count). The number of rotatable bonds is 5. The third kappa shape index (κ3) is 7.60. The van der Waals surface area contributed by atoms with Crippen molar-refractivity contribution >= 4 is 49.2 Å². The molecule has 0 aliphatic carbocycles. The third-order valence-corrected chi connectivity index (χ3v) is 14.4. The molecule has 0 N–H and O–H groups in total. The molecule has 0 amide bonds. The molecule has 5 aromatic carbocycles. The van der Waals surface area contributed by atoms with Crippen LogP contribution in [0.2, 0.25) is 17.3 Å². The Morgan fingerprint density at radius 3 is 2.02 bits per heavy atom. The smallest absolute Gasteiger partial charge is 0.0280 e. The van der Waals surface area contributed by atoms with Gasteiger partial charge in [-0.1, -0.05) is 84.2 Å². The Morgan fingerprint density at radius 1 is 0.640 bits per heavy atom. The summed E-state index contributed by atoms with van der Waals surface area (Å²) in [5.74, 6) is 7.20. The Balaban J connectivity index is 0.000000226. The summed E-state index contributed by atoms with van der Waals surface area (Å²) in [5, 5.41) is 2.31. The minimum atomic E-state index is -2.26. The van der Waals surface area contributed by atoms with Crippen LogP contribution in [-0.2, 0) is 20.1 Å². The van der Waals surface area contributed by atoms with E-state index in [0.717, 1.165) is 32.5 Å². The molecule has 0 aliphatic rings. The summed E-state index contributed by atoms with van der Waals surface area (Å²) < 4.78 is 28.3. The standard InChI is InChI=1S/C30H20NS.C15H18GeN.Ir/c1-20-17-28(31-19-27(20)22-11-6-3-7-12-22)26-14-8-13-25-24-16-15-23(18-29(24)32-30(25)26)21-9-4-2-5-10-21;1-12-10-15(13-8-6-5-7-9-13)17-11-14(12)16(2,3)4;/h2-13,15-19H,1H3;5-8,10-11H,1-4H3;/q2*-1;/i1D3;;. The first-order chi connectivity index (χ1) is 25.0. The maximum Gasteiger partial charge on any atom is 0.0280 e. The van der Waals surface area contributed by atoms with Gasteiger partial charge >= 0.3 is 106 Å². The maximum absolute atomic E-state index is 8.18. The minimum Gasteiger partial charge on any atom is -0.304 e. The summed E-state index contributed by atoms with van der Waals surface area (Å²) in [6, 6.07) is 48.9. The monoisotopic (exact) mass is 908 g/mol. The van der Waals surface area contributed by atoms with Gasteiger partial charge in [0, 0.05) is 40.7 Å². The fourth-order valence-corrected chi connectivity index (χ4v) is 11.1. The summed E-state index contributed by atoms with van der Waals surface area (Å²) in [5.41, 5.74) is 9.05. The van der Waals surface area contributed by atoms with Crippen LogP contribution in [0.5, 0.6) is 0 Å². The van der Waals surface area contributed by atoms with Gasteiger partial charge in [-0.2, -0.15) is 11.3 Å². The fraction of sp³-hybridized carbons (Fsp3) is 0.111. The number of thiophene rings is 1. The van der Waals surface area contributed by atoms with E-state index in [1.165, 1.54) is 31.2 Å². The van der Waals surface area contributed by atoms with Crippen LogP contribution in [0.1, 0.15) is 15.2 Å². The van der Waals surface area contributed by atoms with Crippen molar-refractivity contribution in [3.8, 4) is 44.8 Å². The van der Waals surface area contributed by atoms with Gasteiger partial charge in [0.05, 0.1) is 0 Å². The molecule has 0 spiro atoms. The van der Waals surface area contributed by atoms with Gasteiger partial charge in [0.15, 0.2) is 0 Å². The second-order valence-electron chi connectivity index (χ2n) is 13.2. The third-order valence-electron chi connectivity index (χ3n) is 8.69. The second-order valence-corrected chi connectivity index (χ2v) is 24.8. The van der Waals surface area contributed by atoms with Gasteiger partial charge < -0.3 is 4.98 Å². The first-order valence-electron chi connectivity index (χ1n) is 17.9. The van der Waals surface area contributed by atoms with E-state index >= 15 is 0 Å². The van der Waals surface area contributed by atoms with E-state index < -0.39 is 20.1 Å². The maximum atomic E-state index is 8.18. The predicted molar refractivity (Wildman–Crippen MR) is 213 cm³/mol. The van der Waals surface area contributed by atoms with Crippen LogP contribution >= 0.6 is 11.3 Å². The van der Waals surface area contributed by atoms with Crippen molar-refractivity contribution in [2.75, 3.05) is 0 Å². The van der Waals surface area contributed by atoms with E-state index in [-0.39, 0.29) is 20.1 Å². The molecule has 0 saturated carbocycles. The Morgan fingerprint density at radius 2 is 1.34 bits per heavy atom. The number of hydrogen-bond donors (Lipinski definition) is 0. The van der Waals surface area contributed by atoms with Crippen molar-refractivity contribution < 1.29 is 24.2 Å². The molecule has 8 aromatic rings. The second kappa shape index (κ2) is 15.4. The summed E-state index contributed by atoms with van der Waals surface area (Å²) in [7, 11) is 0. The number of pyridine rings is 2. The molecule has 5 heteroatoms. The molecule has 0 bridgehead atoms. The summed E-state index contributed by atoms with van der Waals surface area (Å²) in [4.78, 5) is 9.30. The molecule has 1 radical (unpaired) electrons. The van der Waals surface area contributed by atoms with Gasteiger partial charge in [0.25, 0.3) is 0 Å². The van der Waals surface area contributed by atoms with Gasteiger partial charge in [-0.15, -0.1) is 23.8 Å². The van der Waals surface area contributed by atoms with E-state index in [1.54, 1.807) is 23.6 Å². The molecule has 50 heavy (non-hydrogen) atoms. The summed E-state index contributed by atoms with van der Waals surface area (Å²) >= 11 is -0.0786. The van der Waals surface area contributed by atoms with Crippen LogP contribution in [0.4, 0.5) is 0 Å². The Labute approximate surface area is 320 Å².